The van der Waals surface area contributed by atoms with E-state index in [9.17, 15) is 9.18 Å². The Kier molecular flexibility index (Phi) is 6.62. The van der Waals surface area contributed by atoms with Crippen molar-refractivity contribution in [2.75, 3.05) is 0 Å². The van der Waals surface area contributed by atoms with Crippen molar-refractivity contribution in [3.8, 4) is 11.3 Å². The number of aromatic nitrogens is 2. The standard InChI is InChI=1S/C24H19Cl2FN4O2/c1-14-8-17(27)3-4-18(14)21-10-16(13-31-6-7-33-24(31)28)11-22(30-21)23(32)29-12-15-2-5-19(25)20(26)9-15/h2-11,28H,12-13H2,1H3,(H,29,32). The van der Waals surface area contributed by atoms with Crippen molar-refractivity contribution in [2.24, 2.45) is 0 Å². The van der Waals surface area contributed by atoms with E-state index in [2.05, 4.69) is 10.3 Å². The Morgan fingerprint density at radius 1 is 1.12 bits per heavy atom. The number of nitrogens with zero attached hydrogens (tertiary/aromatic N) is 2. The summed E-state index contributed by atoms with van der Waals surface area (Å²) in [5.74, 6) is -0.730. The van der Waals surface area contributed by atoms with Crippen LogP contribution in [0.3, 0.4) is 0 Å². The number of pyridine rings is 1. The van der Waals surface area contributed by atoms with Gasteiger partial charge in [-0.15, -0.1) is 0 Å². The van der Waals surface area contributed by atoms with Gasteiger partial charge in [-0.05, 0) is 66.1 Å². The van der Waals surface area contributed by atoms with Crippen LogP contribution < -0.4 is 11.0 Å². The monoisotopic (exact) mass is 484 g/mol. The summed E-state index contributed by atoms with van der Waals surface area (Å²) in [5, 5.41) is 11.5. The van der Waals surface area contributed by atoms with Gasteiger partial charge in [0.1, 0.15) is 17.8 Å². The minimum Gasteiger partial charge on any atom is -0.432 e. The zero-order valence-corrected chi connectivity index (χ0v) is 19.0. The number of rotatable bonds is 6. The Bertz CT molecular complexity index is 1400. The minimum absolute atomic E-state index is 0.0167. The average molecular weight is 485 g/mol. The molecule has 2 heterocycles. The summed E-state index contributed by atoms with van der Waals surface area (Å²) in [7, 11) is 0. The Hall–Kier alpha value is -3.42. The normalized spacial score (nSPS) is 10.9. The second-order valence-corrected chi connectivity index (χ2v) is 8.29. The molecule has 9 heteroatoms. The molecule has 168 valence electrons. The Labute approximate surface area is 199 Å². The summed E-state index contributed by atoms with van der Waals surface area (Å²) in [4.78, 5) is 17.5. The van der Waals surface area contributed by atoms with Crippen LogP contribution in [0, 0.1) is 18.2 Å². The third kappa shape index (κ3) is 5.32. The molecule has 33 heavy (non-hydrogen) atoms. The van der Waals surface area contributed by atoms with E-state index >= 15 is 0 Å². The lowest BCUT2D eigenvalue weighted by Gasteiger charge is -2.12. The number of nitrogens with one attached hydrogen (secondary N) is 2. The number of carbonyl (C=O) groups is 1. The third-order valence-electron chi connectivity index (χ3n) is 5.05. The fraction of sp³-hybridized carbons (Fsp3) is 0.125. The maximum Gasteiger partial charge on any atom is 0.293 e. The molecule has 0 radical (unpaired) electrons. The summed E-state index contributed by atoms with van der Waals surface area (Å²) in [6, 6.07) is 13.0. The second kappa shape index (κ2) is 9.60. The summed E-state index contributed by atoms with van der Waals surface area (Å²) >= 11 is 12.0. The lowest BCUT2D eigenvalue weighted by atomic mass is 10.0. The van der Waals surface area contributed by atoms with E-state index in [4.69, 9.17) is 33.0 Å². The molecule has 0 unspecified atom stereocenters. The van der Waals surface area contributed by atoms with Gasteiger partial charge in [0.25, 0.3) is 11.6 Å². The molecule has 0 saturated heterocycles. The van der Waals surface area contributed by atoms with E-state index in [-0.39, 0.29) is 29.6 Å². The highest BCUT2D eigenvalue weighted by Crippen LogP contribution is 2.25. The Morgan fingerprint density at radius 2 is 1.94 bits per heavy atom. The summed E-state index contributed by atoms with van der Waals surface area (Å²) in [5.41, 5.74) is 3.64. The van der Waals surface area contributed by atoms with Crippen LogP contribution in [0.15, 0.2) is 65.4 Å². The summed E-state index contributed by atoms with van der Waals surface area (Å²) in [6.07, 6.45) is 3.05. The van der Waals surface area contributed by atoms with Gasteiger partial charge in [-0.2, -0.15) is 0 Å². The van der Waals surface area contributed by atoms with Crippen molar-refractivity contribution in [1.82, 2.24) is 14.9 Å². The molecule has 2 aromatic heterocycles. The molecule has 0 fully saturated rings. The number of hydrogen-bond acceptors (Lipinski definition) is 4. The van der Waals surface area contributed by atoms with E-state index in [0.717, 1.165) is 11.1 Å². The van der Waals surface area contributed by atoms with Crippen LogP contribution in [0.2, 0.25) is 10.0 Å². The molecule has 0 saturated carbocycles. The smallest absolute Gasteiger partial charge is 0.293 e. The number of oxazole rings is 1. The van der Waals surface area contributed by atoms with E-state index in [1.165, 1.54) is 18.4 Å². The fourth-order valence-electron chi connectivity index (χ4n) is 3.39. The first kappa shape index (κ1) is 22.8. The highest BCUT2D eigenvalue weighted by atomic mass is 35.5. The molecule has 1 amide bonds. The molecule has 0 atom stereocenters. The number of hydrogen-bond donors (Lipinski definition) is 2. The predicted molar refractivity (Wildman–Crippen MR) is 124 cm³/mol. The zero-order valence-electron chi connectivity index (χ0n) is 17.5. The fourth-order valence-corrected chi connectivity index (χ4v) is 3.72. The molecule has 0 bridgehead atoms. The number of carbonyl (C=O) groups excluding carboxylic acids is 1. The van der Waals surface area contributed by atoms with Gasteiger partial charge in [-0.1, -0.05) is 29.3 Å². The maximum absolute atomic E-state index is 13.6. The van der Waals surface area contributed by atoms with Gasteiger partial charge < -0.3 is 9.73 Å². The quantitative estimate of drug-likeness (QED) is 0.386. The van der Waals surface area contributed by atoms with Crippen molar-refractivity contribution in [2.45, 2.75) is 20.0 Å². The first-order valence-electron chi connectivity index (χ1n) is 9.98. The molecular weight excluding hydrogens is 466 g/mol. The lowest BCUT2D eigenvalue weighted by Crippen LogP contribution is -2.24. The lowest BCUT2D eigenvalue weighted by molar-refractivity contribution is 0.0946. The third-order valence-corrected chi connectivity index (χ3v) is 5.79. The largest absolute Gasteiger partial charge is 0.432 e. The van der Waals surface area contributed by atoms with Crippen molar-refractivity contribution in [3.63, 3.8) is 0 Å². The van der Waals surface area contributed by atoms with Crippen LogP contribution in [0.1, 0.15) is 27.2 Å². The average Bonchev–Trinajstić information content (AvgIpc) is 3.18. The van der Waals surface area contributed by atoms with Crippen LogP contribution in [-0.2, 0) is 13.1 Å². The van der Waals surface area contributed by atoms with Gasteiger partial charge in [0, 0.05) is 18.3 Å². The molecule has 0 aliphatic heterocycles. The number of aryl methyl sites for hydroxylation is 1. The van der Waals surface area contributed by atoms with Gasteiger partial charge in [-0.3, -0.25) is 14.8 Å². The molecular formula is C24H19Cl2FN4O2. The first-order chi connectivity index (χ1) is 15.8. The van der Waals surface area contributed by atoms with Crippen molar-refractivity contribution in [3.05, 3.63) is 105 Å². The molecule has 4 rings (SSSR count). The Morgan fingerprint density at radius 3 is 2.64 bits per heavy atom. The second-order valence-electron chi connectivity index (χ2n) is 7.47. The minimum atomic E-state index is -0.382. The van der Waals surface area contributed by atoms with Gasteiger partial charge in [0.2, 0.25) is 0 Å². The Balaban J connectivity index is 1.67. The van der Waals surface area contributed by atoms with Crippen LogP contribution in [0.4, 0.5) is 4.39 Å². The SMILES string of the molecule is Cc1cc(F)ccc1-c1cc(Cn2ccoc2=N)cc(C(=O)NCc2ccc(Cl)c(Cl)c2)n1. The van der Waals surface area contributed by atoms with Crippen LogP contribution >= 0.6 is 23.2 Å². The topological polar surface area (TPSA) is 83.9 Å². The number of amides is 1. The van der Waals surface area contributed by atoms with E-state index < -0.39 is 0 Å². The van der Waals surface area contributed by atoms with Gasteiger partial charge in [0.05, 0.1) is 22.3 Å². The molecule has 0 aliphatic carbocycles. The molecule has 0 spiro atoms. The predicted octanol–water partition coefficient (Wildman–Crippen LogP) is 5.36. The maximum atomic E-state index is 13.6. The molecule has 4 aromatic rings. The molecule has 0 aliphatic rings. The molecule has 6 nitrogen and oxygen atoms in total. The van der Waals surface area contributed by atoms with Gasteiger partial charge >= 0.3 is 0 Å². The van der Waals surface area contributed by atoms with Gasteiger partial charge in [0.15, 0.2) is 0 Å². The van der Waals surface area contributed by atoms with Crippen LogP contribution in [0.5, 0.6) is 0 Å². The first-order valence-corrected chi connectivity index (χ1v) is 10.7. The van der Waals surface area contributed by atoms with Crippen molar-refractivity contribution >= 4 is 29.1 Å². The molecule has 2 N–H and O–H groups in total. The highest BCUT2D eigenvalue weighted by molar-refractivity contribution is 6.42. The molecule has 2 aromatic carbocycles. The van der Waals surface area contributed by atoms with Crippen LogP contribution in [-0.4, -0.2) is 15.5 Å². The van der Waals surface area contributed by atoms with E-state index in [1.807, 2.05) is 6.07 Å². The summed E-state index contributed by atoms with van der Waals surface area (Å²) in [6.45, 7) is 2.32. The van der Waals surface area contributed by atoms with E-state index in [0.29, 0.717) is 33.4 Å². The summed E-state index contributed by atoms with van der Waals surface area (Å²) < 4.78 is 20.3. The van der Waals surface area contributed by atoms with Crippen molar-refractivity contribution in [1.29, 1.82) is 5.41 Å². The van der Waals surface area contributed by atoms with Crippen molar-refractivity contribution < 1.29 is 13.6 Å². The van der Waals surface area contributed by atoms with Crippen LogP contribution in [0.25, 0.3) is 11.3 Å². The zero-order chi connectivity index (χ0) is 23.5. The number of halogens is 3. The van der Waals surface area contributed by atoms with Gasteiger partial charge in [-0.25, -0.2) is 9.37 Å². The van der Waals surface area contributed by atoms with E-state index in [1.54, 1.807) is 48.0 Å². The number of benzene rings is 2. The highest BCUT2D eigenvalue weighted by Gasteiger charge is 2.14.